The molecule has 1 nitrogen and oxygen atoms in total. The van der Waals surface area contributed by atoms with E-state index in [1.165, 1.54) is 11.1 Å². The van der Waals surface area contributed by atoms with E-state index in [-0.39, 0.29) is 0 Å². The molecule has 15 heavy (non-hydrogen) atoms. The van der Waals surface area contributed by atoms with Gasteiger partial charge in [-0.2, -0.15) is 0 Å². The van der Waals surface area contributed by atoms with Crippen molar-refractivity contribution in [3.05, 3.63) is 35.4 Å². The molecule has 1 heterocycles. The number of fused-ring (bicyclic) bond motifs is 1. The van der Waals surface area contributed by atoms with Gasteiger partial charge in [0.15, 0.2) is 0 Å². The molecule has 1 aliphatic rings. The summed E-state index contributed by atoms with van der Waals surface area (Å²) in [4.78, 5) is 0. The molecule has 0 aliphatic carbocycles. The van der Waals surface area contributed by atoms with Crippen molar-refractivity contribution in [2.45, 2.75) is 54.6 Å². The van der Waals surface area contributed by atoms with E-state index in [1.807, 2.05) is 41.5 Å². The van der Waals surface area contributed by atoms with Crippen LogP contribution in [-0.4, -0.2) is 0 Å². The Labute approximate surface area is 95.9 Å². The number of nitrogens with one attached hydrogen (secondary N) is 1. The largest absolute Gasteiger partial charge is 0.309 e. The quantitative estimate of drug-likeness (QED) is 0.669. The SMILES string of the molecule is CC.CC.CC.c1ccc2c(c1)CNC2. The molecule has 0 fully saturated rings. The maximum absolute atomic E-state index is 3.29. The molecular formula is C14H27N. The van der Waals surface area contributed by atoms with E-state index >= 15 is 0 Å². The average molecular weight is 209 g/mol. The summed E-state index contributed by atoms with van der Waals surface area (Å²) >= 11 is 0. The summed E-state index contributed by atoms with van der Waals surface area (Å²) in [5.74, 6) is 0. The van der Waals surface area contributed by atoms with Gasteiger partial charge in [0.05, 0.1) is 0 Å². The fourth-order valence-corrected chi connectivity index (χ4v) is 1.23. The highest BCUT2D eigenvalue weighted by molar-refractivity contribution is 5.29. The van der Waals surface area contributed by atoms with Crippen LogP contribution in [-0.2, 0) is 13.1 Å². The topological polar surface area (TPSA) is 12.0 Å². The Morgan fingerprint density at radius 3 is 1.40 bits per heavy atom. The lowest BCUT2D eigenvalue weighted by atomic mass is 10.1. The molecule has 0 radical (unpaired) electrons. The van der Waals surface area contributed by atoms with Crippen molar-refractivity contribution in [1.82, 2.24) is 5.32 Å². The fraction of sp³-hybridized carbons (Fsp3) is 0.571. The molecule has 1 aliphatic heterocycles. The van der Waals surface area contributed by atoms with E-state index in [4.69, 9.17) is 0 Å². The molecule has 0 unspecified atom stereocenters. The second kappa shape index (κ2) is 13.2. The van der Waals surface area contributed by atoms with Crippen LogP contribution in [0, 0.1) is 0 Å². The van der Waals surface area contributed by atoms with E-state index in [1.54, 1.807) is 0 Å². The fourth-order valence-electron chi connectivity index (χ4n) is 1.23. The Balaban J connectivity index is 0. The summed E-state index contributed by atoms with van der Waals surface area (Å²) in [6.45, 7) is 14.1. The Morgan fingerprint density at radius 1 is 0.733 bits per heavy atom. The zero-order chi connectivity index (χ0) is 12.1. The van der Waals surface area contributed by atoms with Gasteiger partial charge in [0.2, 0.25) is 0 Å². The van der Waals surface area contributed by atoms with Crippen LogP contribution in [0.3, 0.4) is 0 Å². The molecule has 0 atom stereocenters. The Kier molecular flexibility index (Phi) is 14.6. The first-order valence-corrected chi connectivity index (χ1v) is 6.24. The molecule has 1 heteroatoms. The first-order chi connectivity index (χ1) is 7.47. The summed E-state index contributed by atoms with van der Waals surface area (Å²) in [5.41, 5.74) is 2.91. The molecule has 1 N–H and O–H groups in total. The maximum atomic E-state index is 3.29. The second-order valence-corrected chi connectivity index (χ2v) is 2.37. The molecule has 0 spiro atoms. The smallest absolute Gasteiger partial charge is 0.0211 e. The second-order valence-electron chi connectivity index (χ2n) is 2.37. The molecule has 2 rings (SSSR count). The van der Waals surface area contributed by atoms with E-state index in [2.05, 4.69) is 29.6 Å². The summed E-state index contributed by atoms with van der Waals surface area (Å²) in [6.07, 6.45) is 0. The zero-order valence-electron chi connectivity index (χ0n) is 11.2. The van der Waals surface area contributed by atoms with Gasteiger partial charge in [0.1, 0.15) is 0 Å². The molecule has 1 aromatic rings. The number of hydrogen-bond acceptors (Lipinski definition) is 1. The third-order valence-electron chi connectivity index (χ3n) is 1.75. The first-order valence-electron chi connectivity index (χ1n) is 6.24. The summed E-state index contributed by atoms with van der Waals surface area (Å²) in [6, 6.07) is 8.53. The van der Waals surface area contributed by atoms with Crippen molar-refractivity contribution in [2.24, 2.45) is 0 Å². The van der Waals surface area contributed by atoms with E-state index in [0.29, 0.717) is 0 Å². The first kappa shape index (κ1) is 16.6. The summed E-state index contributed by atoms with van der Waals surface area (Å²) in [5, 5.41) is 3.29. The van der Waals surface area contributed by atoms with Crippen molar-refractivity contribution in [2.75, 3.05) is 0 Å². The minimum Gasteiger partial charge on any atom is -0.309 e. The van der Waals surface area contributed by atoms with Crippen LogP contribution in [0.5, 0.6) is 0 Å². The van der Waals surface area contributed by atoms with Crippen LogP contribution in [0.15, 0.2) is 24.3 Å². The van der Waals surface area contributed by atoms with Gasteiger partial charge < -0.3 is 5.32 Å². The van der Waals surface area contributed by atoms with Gasteiger partial charge in [0.25, 0.3) is 0 Å². The number of benzene rings is 1. The van der Waals surface area contributed by atoms with Gasteiger partial charge in [-0.15, -0.1) is 0 Å². The molecule has 0 aromatic heterocycles. The van der Waals surface area contributed by atoms with Crippen LogP contribution in [0.4, 0.5) is 0 Å². The number of rotatable bonds is 0. The van der Waals surface area contributed by atoms with Gasteiger partial charge in [0, 0.05) is 13.1 Å². The van der Waals surface area contributed by atoms with Gasteiger partial charge in [-0.05, 0) is 11.1 Å². The van der Waals surface area contributed by atoms with Gasteiger partial charge in [-0.1, -0.05) is 65.8 Å². The molecule has 0 amide bonds. The molecule has 88 valence electrons. The summed E-state index contributed by atoms with van der Waals surface area (Å²) < 4.78 is 0. The van der Waals surface area contributed by atoms with Crippen molar-refractivity contribution >= 4 is 0 Å². The highest BCUT2D eigenvalue weighted by Gasteiger charge is 2.06. The van der Waals surface area contributed by atoms with Crippen LogP contribution in [0.25, 0.3) is 0 Å². The molecule has 0 saturated heterocycles. The number of hydrogen-bond donors (Lipinski definition) is 1. The lowest BCUT2D eigenvalue weighted by Crippen LogP contribution is -1.99. The third kappa shape index (κ3) is 6.29. The predicted molar refractivity (Wildman–Crippen MR) is 71.0 cm³/mol. The van der Waals surface area contributed by atoms with Crippen LogP contribution in [0.1, 0.15) is 52.7 Å². The van der Waals surface area contributed by atoms with Crippen LogP contribution in [0.2, 0.25) is 0 Å². The molecule has 0 bridgehead atoms. The standard InChI is InChI=1S/C8H9N.3C2H6/c1-2-4-8-6-9-5-7(8)3-1;3*1-2/h1-4,9H,5-6H2;3*1-2H3. The molecular weight excluding hydrogens is 182 g/mol. The third-order valence-corrected chi connectivity index (χ3v) is 1.75. The predicted octanol–water partition coefficient (Wildman–Crippen LogP) is 4.37. The Bertz CT molecular complexity index is 195. The van der Waals surface area contributed by atoms with Crippen molar-refractivity contribution < 1.29 is 0 Å². The Hall–Kier alpha value is -0.820. The average Bonchev–Trinajstić information content (AvgIpc) is 2.85. The van der Waals surface area contributed by atoms with Gasteiger partial charge in [-0.3, -0.25) is 0 Å². The zero-order valence-corrected chi connectivity index (χ0v) is 11.2. The minimum absolute atomic E-state index is 1.05. The molecule has 1 aromatic carbocycles. The van der Waals surface area contributed by atoms with Crippen molar-refractivity contribution in [3.63, 3.8) is 0 Å². The van der Waals surface area contributed by atoms with Gasteiger partial charge >= 0.3 is 0 Å². The highest BCUT2D eigenvalue weighted by Crippen LogP contribution is 2.12. The lowest BCUT2D eigenvalue weighted by molar-refractivity contribution is 0.765. The van der Waals surface area contributed by atoms with E-state index in [0.717, 1.165) is 13.1 Å². The van der Waals surface area contributed by atoms with E-state index < -0.39 is 0 Å². The highest BCUT2D eigenvalue weighted by atomic mass is 14.9. The monoisotopic (exact) mass is 209 g/mol. The van der Waals surface area contributed by atoms with Gasteiger partial charge in [-0.25, -0.2) is 0 Å². The Morgan fingerprint density at radius 2 is 1.07 bits per heavy atom. The van der Waals surface area contributed by atoms with Crippen LogP contribution < -0.4 is 5.32 Å². The van der Waals surface area contributed by atoms with E-state index in [9.17, 15) is 0 Å². The molecule has 0 saturated carbocycles. The van der Waals surface area contributed by atoms with Crippen molar-refractivity contribution in [3.8, 4) is 0 Å². The minimum atomic E-state index is 1.05. The normalized spacial score (nSPS) is 10.5. The van der Waals surface area contributed by atoms with Crippen LogP contribution >= 0.6 is 0 Å². The summed E-state index contributed by atoms with van der Waals surface area (Å²) in [7, 11) is 0. The lowest BCUT2D eigenvalue weighted by Gasteiger charge is -1.91. The maximum Gasteiger partial charge on any atom is 0.0211 e. The van der Waals surface area contributed by atoms with Crippen molar-refractivity contribution in [1.29, 1.82) is 0 Å².